The average molecular weight is 752 g/mol. The Hall–Kier alpha value is -3.66. The molecular formula is C30H37F2LiN6O6S4. The summed E-state index contributed by atoms with van der Waals surface area (Å²) in [6.07, 6.45) is 2.93. The summed E-state index contributed by atoms with van der Waals surface area (Å²) in [5.41, 5.74) is 1.56. The molecule has 0 unspecified atom stereocenters. The first-order valence-corrected chi connectivity index (χ1v) is 16.8. The van der Waals surface area contributed by atoms with E-state index in [4.69, 9.17) is 20.3 Å². The van der Waals surface area contributed by atoms with Gasteiger partial charge in [0.2, 0.25) is 10.3 Å². The van der Waals surface area contributed by atoms with Gasteiger partial charge in [0.05, 0.1) is 39.9 Å². The number of aromatic nitrogens is 4. The van der Waals surface area contributed by atoms with Crippen LogP contribution in [0.15, 0.2) is 72.1 Å². The van der Waals surface area contributed by atoms with Gasteiger partial charge >= 0.3 is 18.9 Å². The number of thiol groups is 1. The van der Waals surface area contributed by atoms with Crippen LogP contribution in [0.2, 0.25) is 0 Å². The van der Waals surface area contributed by atoms with E-state index in [0.29, 0.717) is 29.7 Å². The van der Waals surface area contributed by atoms with Gasteiger partial charge in [0, 0.05) is 54.2 Å². The minimum absolute atomic E-state index is 0. The molecule has 262 valence electrons. The second kappa shape index (κ2) is 21.4. The van der Waals surface area contributed by atoms with Crippen LogP contribution in [0, 0.1) is 11.6 Å². The van der Waals surface area contributed by atoms with Crippen LogP contribution in [0.4, 0.5) is 19.0 Å². The number of halogens is 2. The van der Waals surface area contributed by atoms with E-state index >= 15 is 0 Å². The second-order valence-corrected chi connectivity index (χ2v) is 12.2. The van der Waals surface area contributed by atoms with Crippen LogP contribution in [0.3, 0.4) is 0 Å². The molecule has 0 spiro atoms. The molecule has 2 heterocycles. The van der Waals surface area contributed by atoms with Crippen LogP contribution in [-0.4, -0.2) is 61.8 Å². The molecule has 0 atom stereocenters. The second-order valence-electron chi connectivity index (χ2n) is 8.77. The van der Waals surface area contributed by atoms with Crippen molar-refractivity contribution < 1.29 is 57.8 Å². The van der Waals surface area contributed by atoms with E-state index in [1.54, 1.807) is 32.4 Å². The van der Waals surface area contributed by atoms with Gasteiger partial charge in [0.25, 0.3) is 10.0 Å². The number of ether oxygens (including phenoxy) is 4. The molecule has 0 aliphatic carbocycles. The third kappa shape index (κ3) is 11.7. The summed E-state index contributed by atoms with van der Waals surface area (Å²) < 4.78 is 88.8. The number of anilines is 2. The number of hydrogen-bond acceptors (Lipinski definition) is 14. The number of hydrogen-bond donors (Lipinski definition) is 2. The molecule has 5 rings (SSSR count). The van der Waals surface area contributed by atoms with Crippen molar-refractivity contribution in [2.24, 2.45) is 0 Å². The molecule has 0 radical (unpaired) electrons. The average Bonchev–Trinajstić information content (AvgIpc) is 3.83. The standard InChI is InChI=1S/C17H15F2N3O4S2.C11H13N3O2S.CH4S.CH4.Li.H/c1-25-12-4-3-11(16(7-12)26-2)9-22(17-20-10-21-27-17)28(23,24)13-5-6-14(18)15(19)8-13;1-15-9-4-3-8(10(5-9)16-2)6-12-11-13-7-14-17-11;1-2;;;/h3-8,10H,9H2,1-2H3;3-5,7H,6H2,1-2H3,(H,12,13,14);2H,1H3;1H4;;/q;;;;+1;-1/i;;1D;;;. The fourth-order valence-corrected chi connectivity index (χ4v) is 6.42. The normalized spacial score (nSPS) is 10.3. The summed E-state index contributed by atoms with van der Waals surface area (Å²) in [7, 11) is 1.96. The van der Waals surface area contributed by atoms with Crippen molar-refractivity contribution >= 4 is 56.0 Å². The van der Waals surface area contributed by atoms with Gasteiger partial charge < -0.3 is 25.7 Å². The molecule has 0 aliphatic rings. The van der Waals surface area contributed by atoms with Crippen molar-refractivity contribution in [3.8, 4) is 23.0 Å². The van der Waals surface area contributed by atoms with E-state index in [2.05, 4.69) is 36.7 Å². The monoisotopic (exact) mass is 751 g/mol. The maximum absolute atomic E-state index is 13.6. The zero-order valence-corrected chi connectivity index (χ0v) is 29.9. The number of benzene rings is 3. The number of rotatable bonds is 12. The molecule has 0 fully saturated rings. The molecule has 3 aromatic carbocycles. The molecule has 12 nitrogen and oxygen atoms in total. The molecule has 0 aliphatic heterocycles. The quantitative estimate of drug-likeness (QED) is 0.143. The van der Waals surface area contributed by atoms with Gasteiger partial charge in [-0.15, -0.1) is 0 Å². The van der Waals surface area contributed by atoms with Crippen LogP contribution in [0.1, 0.15) is 21.4 Å². The van der Waals surface area contributed by atoms with Crippen molar-refractivity contribution in [2.45, 2.75) is 25.4 Å². The summed E-state index contributed by atoms with van der Waals surface area (Å²) in [6.45, 7) is 0.478. The maximum Gasteiger partial charge on any atom is 1.00 e. The van der Waals surface area contributed by atoms with Crippen molar-refractivity contribution in [1.29, 1.82) is 0 Å². The van der Waals surface area contributed by atoms with Gasteiger partial charge in [-0.3, -0.25) is 0 Å². The van der Waals surface area contributed by atoms with Gasteiger partial charge in [0.1, 0.15) is 35.7 Å². The molecule has 1 N–H and O–H groups in total. The zero-order chi connectivity index (χ0) is 35.1. The van der Waals surface area contributed by atoms with Gasteiger partial charge in [-0.25, -0.2) is 31.5 Å². The predicted molar refractivity (Wildman–Crippen MR) is 189 cm³/mol. The van der Waals surface area contributed by atoms with E-state index in [1.165, 1.54) is 38.4 Å². The summed E-state index contributed by atoms with van der Waals surface area (Å²) in [5.74, 6) is 0.0994. The van der Waals surface area contributed by atoms with Gasteiger partial charge in [0.15, 0.2) is 11.6 Å². The Kier molecular flexibility index (Phi) is 18.2. The fourth-order valence-electron chi connectivity index (χ4n) is 3.85. The van der Waals surface area contributed by atoms with Crippen molar-refractivity contribution in [2.75, 3.05) is 44.3 Å². The minimum Gasteiger partial charge on any atom is -1.00 e. The first-order valence-electron chi connectivity index (χ1n) is 13.9. The van der Waals surface area contributed by atoms with Gasteiger partial charge in [-0.1, -0.05) is 7.43 Å². The number of nitrogens with zero attached hydrogens (tertiary/aromatic N) is 5. The molecule has 19 heteroatoms. The zero-order valence-electron chi connectivity index (χ0n) is 28.6. The van der Waals surface area contributed by atoms with Crippen LogP contribution < -0.4 is 47.4 Å². The first kappa shape index (κ1) is 41.5. The molecule has 5 aromatic rings. The molecule has 0 saturated carbocycles. The summed E-state index contributed by atoms with van der Waals surface area (Å²) >= 11 is 5.63. The summed E-state index contributed by atoms with van der Waals surface area (Å²) in [6, 6.07) is 13.0. The Labute approximate surface area is 313 Å². The first-order chi connectivity index (χ1) is 23.1. The summed E-state index contributed by atoms with van der Waals surface area (Å²) in [5, 5.41) is 4.04. The van der Waals surface area contributed by atoms with Crippen molar-refractivity contribution in [3.05, 3.63) is 90.0 Å². The Morgan fingerprint density at radius 3 is 1.94 bits per heavy atom. The fraction of sp³-hybridized carbons (Fsp3) is 0.267. The van der Waals surface area contributed by atoms with Crippen LogP contribution in [0.25, 0.3) is 0 Å². The van der Waals surface area contributed by atoms with E-state index in [-0.39, 0.29) is 45.6 Å². The molecular weight excluding hydrogens is 714 g/mol. The number of nitrogens with one attached hydrogen (secondary N) is 1. The van der Waals surface area contributed by atoms with Crippen molar-refractivity contribution in [1.82, 2.24) is 18.7 Å². The largest absolute Gasteiger partial charge is 1.00 e. The van der Waals surface area contributed by atoms with E-state index in [1.807, 2.05) is 18.2 Å². The summed E-state index contributed by atoms with van der Waals surface area (Å²) in [4.78, 5) is 7.60. The SMILES string of the molecule is C.COc1ccc(CN(c2ncns2)S(=O)(=O)c2ccc(F)c(F)c2)c(OC)c1.COc1ccc(CNc2ncns2)c(OC)c1.[2H]CS.[H-].[Li+]. The Bertz CT molecular complexity index is 1840. The van der Waals surface area contributed by atoms with Crippen molar-refractivity contribution in [3.63, 3.8) is 0 Å². The van der Waals surface area contributed by atoms with E-state index < -0.39 is 26.6 Å². The third-order valence-corrected chi connectivity index (χ3v) is 9.29. The van der Waals surface area contributed by atoms with Gasteiger partial charge in [-0.2, -0.15) is 21.4 Å². The third-order valence-electron chi connectivity index (χ3n) is 6.14. The van der Waals surface area contributed by atoms with Crippen LogP contribution in [-0.2, 0) is 23.1 Å². The van der Waals surface area contributed by atoms with E-state index in [0.717, 1.165) is 50.2 Å². The number of methoxy groups -OCH3 is 4. The van der Waals surface area contributed by atoms with Crippen LogP contribution >= 0.6 is 35.7 Å². The molecule has 0 bridgehead atoms. The molecule has 49 heavy (non-hydrogen) atoms. The molecule has 0 amide bonds. The Balaban J connectivity index is 0.000000938. The smallest absolute Gasteiger partial charge is 1.00 e. The molecule has 2 aromatic heterocycles. The Morgan fingerprint density at radius 2 is 1.43 bits per heavy atom. The topological polar surface area (TPSA) is 138 Å². The van der Waals surface area contributed by atoms with E-state index in [9.17, 15) is 17.2 Å². The molecule has 0 saturated heterocycles. The minimum atomic E-state index is -4.25. The number of sulfonamides is 1. The van der Waals surface area contributed by atoms with Gasteiger partial charge in [-0.05, 0) is 48.7 Å². The van der Waals surface area contributed by atoms with Crippen LogP contribution in [0.5, 0.6) is 23.0 Å². The Morgan fingerprint density at radius 1 is 0.857 bits per heavy atom. The maximum atomic E-state index is 13.6. The predicted octanol–water partition coefficient (Wildman–Crippen LogP) is 3.70.